The fraction of sp³-hybridized carbons (Fsp3) is 0.370. The van der Waals surface area contributed by atoms with E-state index in [0.29, 0.717) is 36.6 Å². The maximum absolute atomic E-state index is 12.8. The number of carbonyl (C=O) groups excluding carboxylic acids is 2. The number of anilines is 1. The summed E-state index contributed by atoms with van der Waals surface area (Å²) in [7, 11) is 0. The summed E-state index contributed by atoms with van der Waals surface area (Å²) < 4.78 is 1.88. The molecule has 2 aromatic carbocycles. The van der Waals surface area contributed by atoms with Gasteiger partial charge in [0.2, 0.25) is 5.91 Å². The molecule has 1 fully saturated rings. The molecular weight excluding hydrogens is 462 g/mol. The number of carbonyl (C=O) groups is 2. The Balaban J connectivity index is 1.21. The largest absolute Gasteiger partial charge is 0.352 e. The molecule has 8 heteroatoms. The van der Waals surface area contributed by atoms with Crippen LogP contribution in [-0.2, 0) is 17.9 Å². The van der Waals surface area contributed by atoms with Crippen LogP contribution in [0.15, 0.2) is 54.6 Å². The second kappa shape index (κ2) is 10.6. The number of amides is 2. The number of aryl methyl sites for hydroxylation is 1. The summed E-state index contributed by atoms with van der Waals surface area (Å²) in [5.41, 5.74) is 3.30. The number of benzene rings is 2. The molecular formula is C27H30ClN5O2. The first-order valence-electron chi connectivity index (χ1n) is 12.3. The molecule has 0 unspecified atom stereocenters. The van der Waals surface area contributed by atoms with E-state index in [4.69, 9.17) is 16.7 Å². The smallest absolute Gasteiger partial charge is 0.251 e. The summed E-state index contributed by atoms with van der Waals surface area (Å²) in [6.07, 6.45) is 3.94. The number of nitrogens with one attached hydrogen (secondary N) is 1. The Kier molecular flexibility index (Phi) is 7.16. The molecule has 0 aliphatic carbocycles. The molecule has 2 amide bonds. The van der Waals surface area contributed by atoms with Crippen molar-refractivity contribution in [3.05, 3.63) is 70.7 Å². The average Bonchev–Trinajstić information content (AvgIpc) is 3.54. The van der Waals surface area contributed by atoms with Gasteiger partial charge in [-0.25, -0.2) is 4.68 Å². The second-order valence-corrected chi connectivity index (χ2v) is 9.64. The lowest BCUT2D eigenvalue weighted by molar-refractivity contribution is -0.119. The summed E-state index contributed by atoms with van der Waals surface area (Å²) in [6, 6.07) is 17.0. The van der Waals surface area contributed by atoms with Crippen molar-refractivity contribution < 1.29 is 9.59 Å². The molecule has 7 nitrogen and oxygen atoms in total. The Morgan fingerprint density at radius 2 is 1.83 bits per heavy atom. The van der Waals surface area contributed by atoms with Crippen LogP contribution in [0.4, 0.5) is 5.82 Å². The minimum atomic E-state index is -0.0590. The number of hydrogen-bond donors (Lipinski definition) is 1. The highest BCUT2D eigenvalue weighted by atomic mass is 35.5. The van der Waals surface area contributed by atoms with Crippen LogP contribution in [0.2, 0.25) is 5.02 Å². The Morgan fingerprint density at radius 1 is 1.03 bits per heavy atom. The zero-order chi connectivity index (χ0) is 24.2. The maximum Gasteiger partial charge on any atom is 0.251 e. The molecule has 1 N–H and O–H groups in total. The molecule has 0 saturated carbocycles. The van der Waals surface area contributed by atoms with Crippen molar-refractivity contribution in [2.45, 2.75) is 38.8 Å². The van der Waals surface area contributed by atoms with Gasteiger partial charge in [0.1, 0.15) is 5.82 Å². The summed E-state index contributed by atoms with van der Waals surface area (Å²) in [6.45, 7) is 5.06. The number of halogens is 1. The maximum atomic E-state index is 12.8. The molecule has 2 aliphatic rings. The first-order valence-corrected chi connectivity index (χ1v) is 12.7. The van der Waals surface area contributed by atoms with Crippen molar-refractivity contribution in [1.29, 1.82) is 0 Å². The van der Waals surface area contributed by atoms with Crippen LogP contribution in [-0.4, -0.2) is 52.7 Å². The Hall–Kier alpha value is -3.16. The van der Waals surface area contributed by atoms with E-state index in [9.17, 15) is 9.59 Å². The van der Waals surface area contributed by atoms with Crippen LogP contribution in [0.1, 0.15) is 41.6 Å². The van der Waals surface area contributed by atoms with Gasteiger partial charge in [0.25, 0.3) is 5.91 Å². The van der Waals surface area contributed by atoms with Crippen molar-refractivity contribution in [3.63, 3.8) is 0 Å². The van der Waals surface area contributed by atoms with Crippen molar-refractivity contribution in [2.24, 2.45) is 0 Å². The van der Waals surface area contributed by atoms with Gasteiger partial charge in [-0.1, -0.05) is 35.9 Å². The number of aromatic nitrogens is 2. The topological polar surface area (TPSA) is 70.5 Å². The van der Waals surface area contributed by atoms with Gasteiger partial charge in [0.05, 0.1) is 18.8 Å². The van der Waals surface area contributed by atoms with Crippen LogP contribution >= 0.6 is 11.6 Å². The predicted molar refractivity (Wildman–Crippen MR) is 138 cm³/mol. The third-order valence-electron chi connectivity index (χ3n) is 6.69. The fourth-order valence-electron chi connectivity index (χ4n) is 4.77. The summed E-state index contributed by atoms with van der Waals surface area (Å²) in [4.78, 5) is 29.5. The van der Waals surface area contributed by atoms with E-state index in [1.807, 2.05) is 59.3 Å². The third-order valence-corrected chi connectivity index (χ3v) is 6.92. The minimum absolute atomic E-state index is 0.0590. The molecule has 2 aliphatic heterocycles. The SMILES string of the molecule is O=C(NCCCN1CCCC1)c1ccc(CN2C(=O)CCn3nc(-c4cccc(Cl)c4)cc32)cc1. The number of likely N-dealkylation sites (tertiary alicyclic amines) is 1. The molecule has 1 aromatic heterocycles. The lowest BCUT2D eigenvalue weighted by Gasteiger charge is -2.27. The molecule has 35 heavy (non-hydrogen) atoms. The van der Waals surface area contributed by atoms with Crippen LogP contribution in [0.5, 0.6) is 0 Å². The zero-order valence-corrected chi connectivity index (χ0v) is 20.5. The molecule has 5 rings (SSSR count). The lowest BCUT2D eigenvalue weighted by atomic mass is 10.1. The Bertz CT molecular complexity index is 1200. The van der Waals surface area contributed by atoms with E-state index < -0.39 is 0 Å². The van der Waals surface area contributed by atoms with Crippen molar-refractivity contribution >= 4 is 29.2 Å². The van der Waals surface area contributed by atoms with Gasteiger partial charge in [0, 0.05) is 35.2 Å². The van der Waals surface area contributed by atoms with Gasteiger partial charge in [0.15, 0.2) is 0 Å². The first kappa shape index (κ1) is 23.6. The molecule has 3 heterocycles. The minimum Gasteiger partial charge on any atom is -0.352 e. The fourth-order valence-corrected chi connectivity index (χ4v) is 4.96. The van der Waals surface area contributed by atoms with Gasteiger partial charge < -0.3 is 10.2 Å². The van der Waals surface area contributed by atoms with Crippen LogP contribution < -0.4 is 10.2 Å². The Morgan fingerprint density at radius 3 is 2.60 bits per heavy atom. The zero-order valence-electron chi connectivity index (χ0n) is 19.8. The normalized spacial score (nSPS) is 15.9. The monoisotopic (exact) mass is 491 g/mol. The highest BCUT2D eigenvalue weighted by molar-refractivity contribution is 6.30. The van der Waals surface area contributed by atoms with Crippen LogP contribution in [0.25, 0.3) is 11.3 Å². The molecule has 0 radical (unpaired) electrons. The quantitative estimate of drug-likeness (QED) is 0.475. The molecule has 1 saturated heterocycles. The van der Waals surface area contributed by atoms with Gasteiger partial charge in [-0.05, 0) is 68.7 Å². The van der Waals surface area contributed by atoms with Crippen LogP contribution in [0.3, 0.4) is 0 Å². The summed E-state index contributed by atoms with van der Waals surface area (Å²) >= 11 is 6.15. The van der Waals surface area contributed by atoms with Crippen molar-refractivity contribution in [3.8, 4) is 11.3 Å². The highest BCUT2D eigenvalue weighted by Gasteiger charge is 2.26. The molecule has 182 valence electrons. The first-order chi connectivity index (χ1) is 17.1. The molecule has 0 atom stereocenters. The third kappa shape index (κ3) is 5.57. The van der Waals surface area contributed by atoms with Crippen molar-refractivity contribution in [2.75, 3.05) is 31.1 Å². The van der Waals surface area contributed by atoms with E-state index >= 15 is 0 Å². The van der Waals surface area contributed by atoms with E-state index in [2.05, 4.69) is 10.2 Å². The van der Waals surface area contributed by atoms with Gasteiger partial charge in [-0.3, -0.25) is 14.5 Å². The predicted octanol–water partition coefficient (Wildman–Crippen LogP) is 4.36. The molecule has 3 aromatic rings. The molecule has 0 bridgehead atoms. The number of rotatable bonds is 8. The highest BCUT2D eigenvalue weighted by Crippen LogP contribution is 2.30. The van der Waals surface area contributed by atoms with Crippen LogP contribution in [0, 0.1) is 0 Å². The standard InChI is InChI=1S/C27H30ClN5O2/c28-23-6-3-5-22(17-23)24-18-25-32(26(34)11-16-33(25)30-24)19-20-7-9-21(10-8-20)27(35)29-12-4-15-31-13-1-2-14-31/h3,5-10,17-18H,1-2,4,11-16,19H2,(H,29,35). The van der Waals surface area contributed by atoms with E-state index in [0.717, 1.165) is 35.6 Å². The summed E-state index contributed by atoms with van der Waals surface area (Å²) in [5, 5.41) is 8.36. The Labute approximate surface area is 210 Å². The number of hydrogen-bond acceptors (Lipinski definition) is 4. The number of fused-ring (bicyclic) bond motifs is 1. The lowest BCUT2D eigenvalue weighted by Crippen LogP contribution is -2.36. The van der Waals surface area contributed by atoms with Gasteiger partial charge >= 0.3 is 0 Å². The molecule has 0 spiro atoms. The van der Waals surface area contributed by atoms with Crippen molar-refractivity contribution in [1.82, 2.24) is 20.0 Å². The average molecular weight is 492 g/mol. The summed E-state index contributed by atoms with van der Waals surface area (Å²) in [5.74, 6) is 0.780. The van der Waals surface area contributed by atoms with E-state index in [-0.39, 0.29) is 11.8 Å². The van der Waals surface area contributed by atoms with Gasteiger partial charge in [-0.15, -0.1) is 0 Å². The van der Waals surface area contributed by atoms with E-state index in [1.54, 1.807) is 4.90 Å². The second-order valence-electron chi connectivity index (χ2n) is 9.21. The number of nitrogens with zero attached hydrogens (tertiary/aromatic N) is 4. The van der Waals surface area contributed by atoms with Gasteiger partial charge in [-0.2, -0.15) is 5.10 Å². The van der Waals surface area contributed by atoms with E-state index in [1.165, 1.54) is 25.9 Å².